The molecule has 0 bridgehead atoms. The number of aromatic nitrogens is 2. The van der Waals surface area contributed by atoms with Gasteiger partial charge in [0.25, 0.3) is 0 Å². The van der Waals surface area contributed by atoms with E-state index in [1.165, 1.54) is 22.0 Å². The van der Waals surface area contributed by atoms with Gasteiger partial charge in [0, 0.05) is 37.7 Å². The van der Waals surface area contributed by atoms with Gasteiger partial charge in [0.15, 0.2) is 0 Å². The molecule has 0 amide bonds. The summed E-state index contributed by atoms with van der Waals surface area (Å²) in [6.45, 7) is 0. The molecule has 2 aromatic heterocycles. The van der Waals surface area contributed by atoms with Crippen LogP contribution in [0.25, 0.3) is 27.3 Å². The van der Waals surface area contributed by atoms with Gasteiger partial charge in [-0.3, -0.25) is 4.98 Å². The van der Waals surface area contributed by atoms with Gasteiger partial charge in [-0.05, 0) is 17.5 Å². The predicted octanol–water partition coefficient (Wildman–Crippen LogP) is 4.19. The summed E-state index contributed by atoms with van der Waals surface area (Å²) in [5, 5.41) is 3.50. The Hall–Kier alpha value is -1.64. The molecule has 0 saturated heterocycles. The van der Waals surface area contributed by atoms with Crippen LogP contribution in [-0.4, -0.2) is 23.5 Å². The first-order chi connectivity index (χ1) is 10.8. The van der Waals surface area contributed by atoms with Crippen molar-refractivity contribution in [2.75, 3.05) is 19.0 Å². The zero-order valence-corrected chi connectivity index (χ0v) is 16.3. The van der Waals surface area contributed by atoms with Crippen molar-refractivity contribution >= 4 is 42.7 Å². The summed E-state index contributed by atoms with van der Waals surface area (Å²) >= 11 is 0.847. The van der Waals surface area contributed by atoms with Gasteiger partial charge in [0.05, 0.1) is 5.65 Å². The Balaban J connectivity index is 0.000000693. The number of nitrogens with zero attached hydrogens (tertiary/aromatic N) is 3. The Bertz CT molecular complexity index is 947. The van der Waals surface area contributed by atoms with Crippen molar-refractivity contribution in [2.45, 2.75) is 0 Å². The molecule has 0 radical (unpaired) electrons. The van der Waals surface area contributed by atoms with Crippen LogP contribution in [0.4, 0.5) is 5.69 Å². The molecule has 0 aliphatic rings. The SMILES string of the molecule is CN(C)c1ccc2c3ccc[c-]c3c3nccn3c2c1.[Cl][Zn+]. The first-order valence-electron chi connectivity index (χ1n) is 6.89. The third-order valence-electron chi connectivity index (χ3n) is 3.77. The molecule has 0 N–H and O–H groups in total. The molecule has 0 aliphatic carbocycles. The number of hydrogen-bond donors (Lipinski definition) is 0. The van der Waals surface area contributed by atoms with Gasteiger partial charge in [-0.15, -0.1) is 29.7 Å². The Labute approximate surface area is 143 Å². The Morgan fingerprint density at radius 1 is 1.18 bits per heavy atom. The molecule has 0 saturated carbocycles. The van der Waals surface area contributed by atoms with Crippen molar-refractivity contribution < 1.29 is 17.3 Å². The van der Waals surface area contributed by atoms with Crippen LogP contribution < -0.4 is 4.90 Å². The van der Waals surface area contributed by atoms with Crippen molar-refractivity contribution in [3.05, 3.63) is 54.9 Å². The van der Waals surface area contributed by atoms with Crippen LogP contribution in [0.15, 0.2) is 48.8 Å². The van der Waals surface area contributed by atoms with Crippen LogP contribution in [0, 0.1) is 6.07 Å². The first-order valence-corrected chi connectivity index (χ1v) is 10.8. The van der Waals surface area contributed by atoms with Crippen LogP contribution >= 0.6 is 9.69 Å². The second-order valence-corrected chi connectivity index (χ2v) is 5.18. The minimum absolute atomic E-state index is 0.847. The molecule has 0 fully saturated rings. The molecular formula is C17H14ClN3Zn. The number of pyridine rings is 1. The van der Waals surface area contributed by atoms with Crippen molar-refractivity contribution in [1.29, 1.82) is 0 Å². The summed E-state index contributed by atoms with van der Waals surface area (Å²) in [5.74, 6) is 0. The Morgan fingerprint density at radius 3 is 2.77 bits per heavy atom. The number of fused-ring (bicyclic) bond motifs is 6. The van der Waals surface area contributed by atoms with Gasteiger partial charge in [0.1, 0.15) is 0 Å². The topological polar surface area (TPSA) is 20.5 Å². The average molecular weight is 361 g/mol. The van der Waals surface area contributed by atoms with Crippen molar-refractivity contribution in [3.8, 4) is 0 Å². The summed E-state index contributed by atoms with van der Waals surface area (Å²) in [6, 6.07) is 16.0. The maximum atomic E-state index is 4.76. The van der Waals surface area contributed by atoms with Gasteiger partial charge in [-0.25, -0.2) is 0 Å². The van der Waals surface area contributed by atoms with Crippen LogP contribution in [0.3, 0.4) is 0 Å². The molecule has 106 valence electrons. The van der Waals surface area contributed by atoms with Crippen molar-refractivity contribution in [3.63, 3.8) is 0 Å². The quantitative estimate of drug-likeness (QED) is 0.288. The molecule has 4 rings (SSSR count). The Morgan fingerprint density at radius 2 is 2.00 bits per heavy atom. The first kappa shape index (κ1) is 15.3. The monoisotopic (exact) mass is 359 g/mol. The van der Waals surface area contributed by atoms with Gasteiger partial charge in [-0.1, -0.05) is 11.5 Å². The molecule has 5 heteroatoms. The molecule has 4 aromatic rings. The van der Waals surface area contributed by atoms with E-state index in [1.54, 1.807) is 0 Å². The predicted molar refractivity (Wildman–Crippen MR) is 89.2 cm³/mol. The fraction of sp³-hybridized carbons (Fsp3) is 0.118. The zero-order valence-electron chi connectivity index (χ0n) is 12.5. The summed E-state index contributed by atoms with van der Waals surface area (Å²) in [7, 11) is 8.88. The normalized spacial score (nSPS) is 10.8. The van der Waals surface area contributed by atoms with E-state index in [2.05, 4.69) is 58.7 Å². The van der Waals surface area contributed by atoms with Gasteiger partial charge >= 0.3 is 27.0 Å². The summed E-state index contributed by atoms with van der Waals surface area (Å²) in [4.78, 5) is 6.60. The third-order valence-corrected chi connectivity index (χ3v) is 3.77. The number of imidazole rings is 1. The van der Waals surface area contributed by atoms with E-state index in [0.717, 1.165) is 28.3 Å². The molecule has 3 nitrogen and oxygen atoms in total. The van der Waals surface area contributed by atoms with Crippen LogP contribution in [0.5, 0.6) is 0 Å². The van der Waals surface area contributed by atoms with Crippen molar-refractivity contribution in [2.24, 2.45) is 0 Å². The minimum atomic E-state index is 0.847. The van der Waals surface area contributed by atoms with E-state index in [0.29, 0.717) is 0 Å². The molecule has 0 atom stereocenters. The van der Waals surface area contributed by atoms with E-state index in [9.17, 15) is 0 Å². The fourth-order valence-corrected chi connectivity index (χ4v) is 2.75. The molecular weight excluding hydrogens is 347 g/mol. The van der Waals surface area contributed by atoms with E-state index >= 15 is 0 Å². The maximum absolute atomic E-state index is 4.76. The second kappa shape index (κ2) is 6.23. The van der Waals surface area contributed by atoms with Crippen molar-refractivity contribution in [1.82, 2.24) is 9.38 Å². The van der Waals surface area contributed by atoms with E-state index in [-0.39, 0.29) is 0 Å². The summed E-state index contributed by atoms with van der Waals surface area (Å²) < 4.78 is 2.14. The number of rotatable bonds is 1. The molecule has 2 aromatic carbocycles. The van der Waals surface area contributed by atoms with Crippen LogP contribution in [0.1, 0.15) is 0 Å². The second-order valence-electron chi connectivity index (χ2n) is 5.18. The molecule has 2 heterocycles. The van der Waals surface area contributed by atoms with Crippen LogP contribution in [0.2, 0.25) is 0 Å². The number of halogens is 1. The van der Waals surface area contributed by atoms with E-state index < -0.39 is 0 Å². The number of hydrogen-bond acceptors (Lipinski definition) is 2. The zero-order chi connectivity index (χ0) is 15.7. The molecule has 22 heavy (non-hydrogen) atoms. The molecule has 0 spiro atoms. The number of benzene rings is 2. The van der Waals surface area contributed by atoms with E-state index in [4.69, 9.17) is 9.69 Å². The summed E-state index contributed by atoms with van der Waals surface area (Å²) in [6.07, 6.45) is 3.86. The van der Waals surface area contributed by atoms with E-state index in [1.807, 2.05) is 24.5 Å². The number of anilines is 1. The van der Waals surface area contributed by atoms with Gasteiger partial charge < -0.3 is 9.30 Å². The summed E-state index contributed by atoms with van der Waals surface area (Å²) in [5.41, 5.74) is 3.33. The Kier molecular flexibility index (Phi) is 4.33. The van der Waals surface area contributed by atoms with Gasteiger partial charge in [-0.2, -0.15) is 0 Å². The van der Waals surface area contributed by atoms with Gasteiger partial charge in [0.2, 0.25) is 0 Å². The van der Waals surface area contributed by atoms with Crippen LogP contribution in [-0.2, 0) is 17.3 Å². The fourth-order valence-electron chi connectivity index (χ4n) is 2.75. The average Bonchev–Trinajstić information content (AvgIpc) is 3.06. The standard InChI is InChI=1S/C17H14N3.ClH.Zn/c1-19(2)12-7-8-14-13-5-3-4-6-15(13)17-18-9-10-20(17)16(14)11-12;;/h3-5,7-11H,1-2H3;1H;/q-1;;+2/p-1. The third kappa shape index (κ3) is 2.37. The molecule has 0 aliphatic heterocycles. The molecule has 0 unspecified atom stereocenters.